The van der Waals surface area contributed by atoms with Crippen molar-refractivity contribution in [2.45, 2.75) is 25.5 Å². The summed E-state index contributed by atoms with van der Waals surface area (Å²) in [7, 11) is 0. The van der Waals surface area contributed by atoms with Gasteiger partial charge in [-0.15, -0.1) is 0 Å². The first-order valence-electron chi connectivity index (χ1n) is 6.25. The van der Waals surface area contributed by atoms with E-state index in [0.717, 1.165) is 19.4 Å². The van der Waals surface area contributed by atoms with Gasteiger partial charge in [-0.2, -0.15) is 0 Å². The number of carbonyl (C=O) groups is 1. The summed E-state index contributed by atoms with van der Waals surface area (Å²) in [4.78, 5) is 22.3. The van der Waals surface area contributed by atoms with Gasteiger partial charge in [0, 0.05) is 31.0 Å². The molecule has 3 rings (SSSR count). The molecule has 2 aliphatic rings. The van der Waals surface area contributed by atoms with E-state index in [1.807, 2.05) is 0 Å². The van der Waals surface area contributed by atoms with Crippen LogP contribution in [-0.4, -0.2) is 40.1 Å². The number of rotatable bonds is 2. The van der Waals surface area contributed by atoms with Crippen LogP contribution in [0.3, 0.4) is 0 Å². The minimum atomic E-state index is -0.0492. The maximum absolute atomic E-state index is 11.7. The molecule has 2 fully saturated rings. The summed E-state index contributed by atoms with van der Waals surface area (Å²) in [6.45, 7) is 1.51. The molecule has 2 unspecified atom stereocenters. The first kappa shape index (κ1) is 11.4. The van der Waals surface area contributed by atoms with Crippen molar-refractivity contribution in [3.8, 4) is 0 Å². The van der Waals surface area contributed by atoms with Gasteiger partial charge in [0.25, 0.3) is 0 Å². The van der Waals surface area contributed by atoms with Crippen molar-refractivity contribution in [3.63, 3.8) is 0 Å². The maximum atomic E-state index is 11.7. The molecule has 0 saturated carbocycles. The Morgan fingerprint density at radius 1 is 1.44 bits per heavy atom. The first-order valence-corrected chi connectivity index (χ1v) is 6.25. The van der Waals surface area contributed by atoms with Crippen molar-refractivity contribution in [2.24, 2.45) is 5.92 Å². The number of piperidine rings is 1. The third kappa shape index (κ3) is 1.82. The highest BCUT2D eigenvalue weighted by Gasteiger charge is 2.41. The van der Waals surface area contributed by atoms with Crippen LogP contribution in [0.25, 0.3) is 0 Å². The second-order valence-corrected chi connectivity index (χ2v) is 4.80. The zero-order chi connectivity index (χ0) is 12.5. The van der Waals surface area contributed by atoms with Crippen molar-refractivity contribution in [1.82, 2.24) is 15.3 Å². The molecule has 96 valence electrons. The molecule has 0 bridgehead atoms. The van der Waals surface area contributed by atoms with Crippen molar-refractivity contribution < 1.29 is 9.90 Å². The lowest BCUT2D eigenvalue weighted by molar-refractivity contribution is -0.123. The van der Waals surface area contributed by atoms with E-state index in [0.29, 0.717) is 18.1 Å². The van der Waals surface area contributed by atoms with Crippen LogP contribution in [0.2, 0.25) is 0 Å². The summed E-state index contributed by atoms with van der Waals surface area (Å²) in [6.07, 6.45) is 5.20. The Kier molecular flexibility index (Phi) is 2.87. The fourth-order valence-electron chi connectivity index (χ4n) is 2.78. The molecule has 1 amide bonds. The lowest BCUT2D eigenvalue weighted by Gasteiger charge is -2.35. The molecule has 0 aromatic carbocycles. The van der Waals surface area contributed by atoms with E-state index >= 15 is 0 Å². The Labute approximate surface area is 105 Å². The Balaban J connectivity index is 1.84. The molecular formula is C12H16N4O2. The number of hydrogen-bond donors (Lipinski definition) is 2. The number of aliphatic hydroxyl groups excluding tert-OH is 1. The second kappa shape index (κ2) is 4.53. The average Bonchev–Trinajstić information content (AvgIpc) is 2.81. The van der Waals surface area contributed by atoms with E-state index in [1.165, 1.54) is 0 Å². The minimum absolute atomic E-state index is 0.0492. The zero-order valence-corrected chi connectivity index (χ0v) is 10.0. The van der Waals surface area contributed by atoms with E-state index in [9.17, 15) is 4.79 Å². The molecule has 1 aromatic heterocycles. The van der Waals surface area contributed by atoms with Gasteiger partial charge in [-0.3, -0.25) is 4.79 Å². The predicted molar refractivity (Wildman–Crippen MR) is 64.8 cm³/mol. The molecule has 2 aliphatic heterocycles. The number of nitrogens with one attached hydrogen (secondary N) is 1. The summed E-state index contributed by atoms with van der Waals surface area (Å²) in [5.41, 5.74) is 0.702. The van der Waals surface area contributed by atoms with E-state index in [4.69, 9.17) is 5.11 Å². The van der Waals surface area contributed by atoms with Crippen LogP contribution in [0.5, 0.6) is 0 Å². The van der Waals surface area contributed by atoms with Crippen LogP contribution in [0.4, 0.5) is 5.95 Å². The number of aliphatic hydroxyl groups is 1. The standard InChI is InChI=1S/C12H16N4O2/c17-7-8-4-14-12(15-5-8)16-3-1-2-9-10(16)6-13-11(9)18/h4-5,9-10,17H,1-3,6-7H2,(H,13,18). The summed E-state index contributed by atoms with van der Waals surface area (Å²) in [6, 6.07) is 0.172. The molecule has 2 atom stereocenters. The van der Waals surface area contributed by atoms with Crippen LogP contribution in [0.1, 0.15) is 18.4 Å². The van der Waals surface area contributed by atoms with Crippen LogP contribution in [0, 0.1) is 5.92 Å². The first-order chi connectivity index (χ1) is 8.79. The molecule has 3 heterocycles. The molecule has 0 radical (unpaired) electrons. The molecule has 2 saturated heterocycles. The van der Waals surface area contributed by atoms with E-state index in [1.54, 1.807) is 12.4 Å². The van der Waals surface area contributed by atoms with Gasteiger partial charge < -0.3 is 15.3 Å². The molecule has 0 aliphatic carbocycles. The lowest BCUT2D eigenvalue weighted by Crippen LogP contribution is -2.46. The molecule has 18 heavy (non-hydrogen) atoms. The number of fused-ring (bicyclic) bond motifs is 1. The number of anilines is 1. The number of aromatic nitrogens is 2. The SMILES string of the molecule is O=C1NCC2C1CCCN2c1ncc(CO)cn1. The molecule has 6 nitrogen and oxygen atoms in total. The summed E-state index contributed by atoms with van der Waals surface area (Å²) >= 11 is 0. The minimum Gasteiger partial charge on any atom is -0.392 e. The highest BCUT2D eigenvalue weighted by molar-refractivity contribution is 5.82. The van der Waals surface area contributed by atoms with Crippen molar-refractivity contribution in [2.75, 3.05) is 18.0 Å². The van der Waals surface area contributed by atoms with Gasteiger partial charge in [-0.25, -0.2) is 9.97 Å². The topological polar surface area (TPSA) is 78.4 Å². The monoisotopic (exact) mass is 248 g/mol. The molecule has 6 heteroatoms. The number of nitrogens with zero attached hydrogens (tertiary/aromatic N) is 3. The number of hydrogen-bond acceptors (Lipinski definition) is 5. The molecular weight excluding hydrogens is 232 g/mol. The van der Waals surface area contributed by atoms with E-state index in [2.05, 4.69) is 20.2 Å². The maximum Gasteiger partial charge on any atom is 0.225 e. The van der Waals surface area contributed by atoms with Gasteiger partial charge >= 0.3 is 0 Å². The highest BCUT2D eigenvalue weighted by atomic mass is 16.3. The number of amides is 1. The van der Waals surface area contributed by atoms with Gasteiger partial charge in [0.2, 0.25) is 11.9 Å². The van der Waals surface area contributed by atoms with Gasteiger partial charge in [-0.1, -0.05) is 0 Å². The average molecular weight is 248 g/mol. The summed E-state index contributed by atoms with van der Waals surface area (Å²) < 4.78 is 0. The van der Waals surface area contributed by atoms with Crippen LogP contribution < -0.4 is 10.2 Å². The normalized spacial score (nSPS) is 26.9. The summed E-state index contributed by atoms with van der Waals surface area (Å²) in [5, 5.41) is 11.9. The molecule has 0 spiro atoms. The fraction of sp³-hybridized carbons (Fsp3) is 0.583. The fourth-order valence-corrected chi connectivity index (χ4v) is 2.78. The Hall–Kier alpha value is -1.69. The van der Waals surface area contributed by atoms with Crippen LogP contribution in [0.15, 0.2) is 12.4 Å². The second-order valence-electron chi connectivity index (χ2n) is 4.80. The van der Waals surface area contributed by atoms with E-state index in [-0.39, 0.29) is 24.5 Å². The van der Waals surface area contributed by atoms with E-state index < -0.39 is 0 Å². The predicted octanol–water partition coefficient (Wildman–Crippen LogP) is -0.316. The molecule has 1 aromatic rings. The Morgan fingerprint density at radius 2 is 2.22 bits per heavy atom. The quantitative estimate of drug-likeness (QED) is 0.750. The van der Waals surface area contributed by atoms with Gasteiger partial charge in [0.1, 0.15) is 0 Å². The van der Waals surface area contributed by atoms with Crippen molar-refractivity contribution >= 4 is 11.9 Å². The molecule has 2 N–H and O–H groups in total. The van der Waals surface area contributed by atoms with Crippen molar-refractivity contribution in [3.05, 3.63) is 18.0 Å². The van der Waals surface area contributed by atoms with Gasteiger partial charge in [0.15, 0.2) is 0 Å². The number of carbonyl (C=O) groups excluding carboxylic acids is 1. The van der Waals surface area contributed by atoms with Crippen LogP contribution in [-0.2, 0) is 11.4 Å². The van der Waals surface area contributed by atoms with Crippen molar-refractivity contribution in [1.29, 1.82) is 0 Å². The van der Waals surface area contributed by atoms with Gasteiger partial charge in [0.05, 0.1) is 18.6 Å². The zero-order valence-electron chi connectivity index (χ0n) is 10.0. The third-order valence-electron chi connectivity index (χ3n) is 3.73. The highest BCUT2D eigenvalue weighted by Crippen LogP contribution is 2.29. The Bertz CT molecular complexity index is 448. The lowest BCUT2D eigenvalue weighted by atomic mass is 9.92. The largest absolute Gasteiger partial charge is 0.392 e. The van der Waals surface area contributed by atoms with Crippen LogP contribution >= 0.6 is 0 Å². The Morgan fingerprint density at radius 3 is 2.94 bits per heavy atom. The summed E-state index contributed by atoms with van der Waals surface area (Å²) in [5.74, 6) is 0.870. The third-order valence-corrected chi connectivity index (χ3v) is 3.73. The smallest absolute Gasteiger partial charge is 0.225 e. The van der Waals surface area contributed by atoms with Gasteiger partial charge in [-0.05, 0) is 12.8 Å².